The maximum absolute atomic E-state index is 12.5. The Morgan fingerprint density at radius 3 is 2.76 bits per heavy atom. The van der Waals surface area contributed by atoms with Crippen LogP contribution in [0.4, 0.5) is 4.79 Å². The zero-order valence-electron chi connectivity index (χ0n) is 13.7. The molecule has 8 heteroatoms. The summed E-state index contributed by atoms with van der Waals surface area (Å²) < 4.78 is 0. The van der Waals surface area contributed by atoms with Crippen LogP contribution in [0.25, 0.3) is 0 Å². The Hall–Kier alpha value is -2.28. The lowest BCUT2D eigenvalue weighted by molar-refractivity contribution is -0.131. The monoisotopic (exact) mass is 365 g/mol. The number of carbonyl (C=O) groups excluding carboxylic acids is 3. The molecule has 0 bridgehead atoms. The van der Waals surface area contributed by atoms with Crippen molar-refractivity contribution < 1.29 is 19.5 Å². The number of nitrogens with one attached hydrogen (secondary N) is 2. The molecule has 1 saturated heterocycles. The molecule has 3 rings (SSSR count). The van der Waals surface area contributed by atoms with Gasteiger partial charge in [-0.3, -0.25) is 14.5 Å². The van der Waals surface area contributed by atoms with Gasteiger partial charge >= 0.3 is 6.03 Å². The average Bonchev–Trinajstić information content (AvgIpc) is 3.13. The third-order valence-electron chi connectivity index (χ3n) is 4.75. The van der Waals surface area contributed by atoms with Crippen LogP contribution in [0.2, 0.25) is 5.02 Å². The van der Waals surface area contributed by atoms with E-state index in [9.17, 15) is 19.5 Å². The van der Waals surface area contributed by atoms with Crippen LogP contribution in [-0.4, -0.2) is 46.5 Å². The molecule has 3 N–H and O–H groups in total. The van der Waals surface area contributed by atoms with Crippen molar-refractivity contribution in [3.05, 3.63) is 28.8 Å². The maximum atomic E-state index is 12.5. The molecule has 1 heterocycles. The number of benzene rings is 1. The number of rotatable bonds is 5. The highest BCUT2D eigenvalue weighted by Gasteiger charge is 2.51. The molecule has 1 aromatic rings. The molecule has 4 amide bonds. The molecular formula is C17H20ClN3O4. The van der Waals surface area contributed by atoms with E-state index in [2.05, 4.69) is 10.6 Å². The molecular weight excluding hydrogens is 346 g/mol. The van der Waals surface area contributed by atoms with Crippen LogP contribution in [0.5, 0.6) is 5.75 Å². The largest absolute Gasteiger partial charge is 0.507 e. The highest BCUT2D eigenvalue weighted by atomic mass is 35.5. The van der Waals surface area contributed by atoms with E-state index in [1.807, 2.05) is 0 Å². The second-order valence-corrected chi connectivity index (χ2v) is 6.88. The molecule has 0 aromatic heterocycles. The molecule has 2 fully saturated rings. The molecule has 1 saturated carbocycles. The number of carbonyl (C=O) groups is 3. The number of urea groups is 1. The first-order valence-corrected chi connectivity index (χ1v) is 8.72. The molecule has 1 aliphatic carbocycles. The van der Waals surface area contributed by atoms with Crippen LogP contribution in [0.15, 0.2) is 18.2 Å². The number of hydrogen-bond donors (Lipinski definition) is 3. The third-order valence-corrected chi connectivity index (χ3v) is 4.99. The van der Waals surface area contributed by atoms with Gasteiger partial charge in [0.25, 0.3) is 11.8 Å². The number of aromatic hydroxyl groups is 1. The first-order chi connectivity index (χ1) is 11.9. The summed E-state index contributed by atoms with van der Waals surface area (Å²) in [6.45, 7) is 0.517. The van der Waals surface area contributed by atoms with E-state index in [0.717, 1.165) is 12.8 Å². The van der Waals surface area contributed by atoms with E-state index in [0.29, 0.717) is 24.3 Å². The molecule has 25 heavy (non-hydrogen) atoms. The standard InChI is InChI=1S/C17H20ClN3O4/c18-11-4-5-13(22)12(10-11)14(23)19-8-3-9-21-15(24)17(20-16(21)25)6-1-2-7-17/h4-5,10,22H,1-3,6-9H2,(H,19,23)(H,20,25). The Labute approximate surface area is 150 Å². The van der Waals surface area contributed by atoms with Crippen molar-refractivity contribution in [2.75, 3.05) is 13.1 Å². The van der Waals surface area contributed by atoms with Gasteiger partial charge in [0.2, 0.25) is 0 Å². The van der Waals surface area contributed by atoms with Crippen LogP contribution >= 0.6 is 11.6 Å². The van der Waals surface area contributed by atoms with Crippen molar-refractivity contribution in [2.24, 2.45) is 0 Å². The first kappa shape index (κ1) is 17.5. The van der Waals surface area contributed by atoms with Gasteiger partial charge < -0.3 is 15.7 Å². The van der Waals surface area contributed by atoms with Crippen molar-refractivity contribution in [3.8, 4) is 5.75 Å². The molecule has 2 aliphatic rings. The van der Waals surface area contributed by atoms with Crippen LogP contribution in [0.1, 0.15) is 42.5 Å². The summed E-state index contributed by atoms with van der Waals surface area (Å²) in [4.78, 5) is 37.8. The summed E-state index contributed by atoms with van der Waals surface area (Å²) in [6.07, 6.45) is 3.71. The summed E-state index contributed by atoms with van der Waals surface area (Å²) in [5.74, 6) is -0.766. The molecule has 134 valence electrons. The number of hydrogen-bond acceptors (Lipinski definition) is 4. The third kappa shape index (κ3) is 3.42. The smallest absolute Gasteiger partial charge is 0.325 e. The number of amides is 4. The fraction of sp³-hybridized carbons (Fsp3) is 0.471. The zero-order valence-corrected chi connectivity index (χ0v) is 14.4. The van der Waals surface area contributed by atoms with Gasteiger partial charge in [0, 0.05) is 18.1 Å². The minimum absolute atomic E-state index is 0.0902. The highest BCUT2D eigenvalue weighted by Crippen LogP contribution is 2.35. The van der Waals surface area contributed by atoms with Crippen LogP contribution in [-0.2, 0) is 4.79 Å². The predicted molar refractivity (Wildman–Crippen MR) is 91.5 cm³/mol. The van der Waals surface area contributed by atoms with Crippen molar-refractivity contribution in [1.82, 2.24) is 15.5 Å². The summed E-state index contributed by atoms with van der Waals surface area (Å²) in [5, 5.41) is 15.5. The molecule has 0 atom stereocenters. The highest BCUT2D eigenvalue weighted by molar-refractivity contribution is 6.31. The van der Waals surface area contributed by atoms with E-state index in [1.165, 1.54) is 23.1 Å². The van der Waals surface area contributed by atoms with E-state index < -0.39 is 11.4 Å². The first-order valence-electron chi connectivity index (χ1n) is 8.34. The molecule has 1 aromatic carbocycles. The summed E-state index contributed by atoms with van der Waals surface area (Å²) in [6, 6.07) is 3.87. The van der Waals surface area contributed by atoms with Crippen LogP contribution < -0.4 is 10.6 Å². The Morgan fingerprint density at radius 1 is 1.32 bits per heavy atom. The van der Waals surface area contributed by atoms with Gasteiger partial charge in [0.1, 0.15) is 11.3 Å². The van der Waals surface area contributed by atoms with Gasteiger partial charge in [0.05, 0.1) is 5.56 Å². The zero-order chi connectivity index (χ0) is 18.0. The fourth-order valence-corrected chi connectivity index (χ4v) is 3.59. The minimum Gasteiger partial charge on any atom is -0.507 e. The average molecular weight is 366 g/mol. The topological polar surface area (TPSA) is 98.7 Å². The number of nitrogens with zero attached hydrogens (tertiary/aromatic N) is 1. The normalized spacial score (nSPS) is 18.7. The van der Waals surface area contributed by atoms with Crippen LogP contribution in [0, 0.1) is 0 Å². The van der Waals surface area contributed by atoms with E-state index in [1.54, 1.807) is 0 Å². The lowest BCUT2D eigenvalue weighted by Gasteiger charge is -2.20. The van der Waals surface area contributed by atoms with Crippen molar-refractivity contribution >= 4 is 29.4 Å². The van der Waals surface area contributed by atoms with Crippen molar-refractivity contribution in [3.63, 3.8) is 0 Å². The minimum atomic E-state index is -0.701. The predicted octanol–water partition coefficient (Wildman–Crippen LogP) is 2.03. The van der Waals surface area contributed by atoms with Crippen molar-refractivity contribution in [1.29, 1.82) is 0 Å². The summed E-state index contributed by atoms with van der Waals surface area (Å²) >= 11 is 5.82. The Morgan fingerprint density at radius 2 is 2.04 bits per heavy atom. The second-order valence-electron chi connectivity index (χ2n) is 6.45. The van der Waals surface area contributed by atoms with Gasteiger partial charge in [-0.05, 0) is 37.5 Å². The van der Waals surface area contributed by atoms with Crippen LogP contribution in [0.3, 0.4) is 0 Å². The SMILES string of the molecule is O=C(NCCCN1C(=O)NC2(CCCC2)C1=O)c1cc(Cl)ccc1O. The Kier molecular flexibility index (Phi) is 4.85. The van der Waals surface area contributed by atoms with E-state index in [4.69, 9.17) is 11.6 Å². The van der Waals surface area contributed by atoms with Gasteiger partial charge in [0.15, 0.2) is 0 Å². The quantitative estimate of drug-likeness (QED) is 0.549. The molecule has 1 aliphatic heterocycles. The number of phenolic OH excluding ortho intramolecular Hbond substituents is 1. The Bertz CT molecular complexity index is 716. The van der Waals surface area contributed by atoms with E-state index in [-0.39, 0.29) is 36.3 Å². The molecule has 7 nitrogen and oxygen atoms in total. The summed E-state index contributed by atoms with van der Waals surface area (Å²) in [5.41, 5.74) is -0.611. The molecule has 0 radical (unpaired) electrons. The van der Waals surface area contributed by atoms with Crippen molar-refractivity contribution in [2.45, 2.75) is 37.6 Å². The number of phenols is 1. The van der Waals surface area contributed by atoms with Gasteiger partial charge in [-0.1, -0.05) is 24.4 Å². The molecule has 1 spiro atoms. The Balaban J connectivity index is 1.50. The lowest BCUT2D eigenvalue weighted by atomic mass is 9.98. The number of halogens is 1. The van der Waals surface area contributed by atoms with Gasteiger partial charge in [-0.2, -0.15) is 0 Å². The maximum Gasteiger partial charge on any atom is 0.325 e. The molecule has 0 unspecified atom stereocenters. The second kappa shape index (κ2) is 6.92. The van der Waals surface area contributed by atoms with Gasteiger partial charge in [-0.25, -0.2) is 4.79 Å². The number of imide groups is 1. The lowest BCUT2D eigenvalue weighted by Crippen LogP contribution is -2.44. The van der Waals surface area contributed by atoms with E-state index >= 15 is 0 Å². The fourth-order valence-electron chi connectivity index (χ4n) is 3.42. The van der Waals surface area contributed by atoms with Gasteiger partial charge in [-0.15, -0.1) is 0 Å². The summed E-state index contributed by atoms with van der Waals surface area (Å²) in [7, 11) is 0.